The van der Waals surface area contributed by atoms with Crippen LogP contribution in [0.5, 0.6) is 5.75 Å². The summed E-state index contributed by atoms with van der Waals surface area (Å²) < 4.78 is 25.1. The van der Waals surface area contributed by atoms with Crippen molar-refractivity contribution < 1.29 is 18.7 Å². The third kappa shape index (κ3) is 5.07. The molecule has 1 heterocycles. The summed E-state index contributed by atoms with van der Waals surface area (Å²) in [4.78, 5) is 12.8. The number of carbonyl (C=O) groups excluding carboxylic acids is 1. The molecular weight excluding hydrogens is 395 g/mol. The molecule has 0 spiro atoms. The Hall–Kier alpha value is -2.15. The zero-order chi connectivity index (χ0) is 20.3. The molecule has 0 radical (unpaired) electrons. The SMILES string of the molecule is COCC(C)(C)c1ccc(NC(=O)[C@@H]2NCCc3cc(OC)ccc32)cc1F.Cl. The lowest BCUT2D eigenvalue weighted by atomic mass is 9.85. The van der Waals surface area contributed by atoms with E-state index < -0.39 is 11.5 Å². The molecule has 1 aliphatic rings. The van der Waals surface area contributed by atoms with Gasteiger partial charge in [0.1, 0.15) is 17.6 Å². The summed E-state index contributed by atoms with van der Waals surface area (Å²) in [7, 11) is 3.22. The van der Waals surface area contributed by atoms with E-state index in [4.69, 9.17) is 9.47 Å². The second kappa shape index (κ2) is 9.57. The van der Waals surface area contributed by atoms with Gasteiger partial charge >= 0.3 is 0 Å². The topological polar surface area (TPSA) is 59.6 Å². The van der Waals surface area contributed by atoms with Crippen molar-refractivity contribution in [2.45, 2.75) is 31.7 Å². The zero-order valence-corrected chi connectivity index (χ0v) is 18.0. The fourth-order valence-corrected chi connectivity index (χ4v) is 3.70. The van der Waals surface area contributed by atoms with Gasteiger partial charge in [0.25, 0.3) is 0 Å². The maximum absolute atomic E-state index is 14.6. The molecule has 0 aromatic heterocycles. The Bertz CT molecular complexity index is 873. The third-order valence-electron chi connectivity index (χ3n) is 5.14. The number of nitrogens with one attached hydrogen (secondary N) is 2. The van der Waals surface area contributed by atoms with Crippen LogP contribution in [0.1, 0.15) is 36.6 Å². The number of anilines is 1. The summed E-state index contributed by atoms with van der Waals surface area (Å²) in [6, 6.07) is 10.0. The smallest absolute Gasteiger partial charge is 0.246 e. The lowest BCUT2D eigenvalue weighted by Gasteiger charge is -2.27. The molecule has 7 heteroatoms. The molecule has 2 aromatic carbocycles. The number of benzene rings is 2. The molecule has 5 nitrogen and oxygen atoms in total. The van der Waals surface area contributed by atoms with E-state index in [1.807, 2.05) is 32.0 Å². The Labute approximate surface area is 177 Å². The number of amides is 1. The van der Waals surface area contributed by atoms with Crippen LogP contribution in [0.2, 0.25) is 0 Å². The van der Waals surface area contributed by atoms with Gasteiger partial charge in [-0.2, -0.15) is 0 Å². The van der Waals surface area contributed by atoms with E-state index in [0.717, 1.165) is 23.3 Å². The van der Waals surface area contributed by atoms with E-state index >= 15 is 0 Å². The number of carbonyl (C=O) groups is 1. The van der Waals surface area contributed by atoms with Crippen molar-refractivity contribution in [1.82, 2.24) is 5.32 Å². The van der Waals surface area contributed by atoms with Crippen LogP contribution in [0.3, 0.4) is 0 Å². The van der Waals surface area contributed by atoms with E-state index in [1.54, 1.807) is 26.4 Å². The van der Waals surface area contributed by atoms with Crippen molar-refractivity contribution >= 4 is 24.0 Å². The number of ether oxygens (including phenoxy) is 2. The molecular formula is C22H28ClFN2O3. The van der Waals surface area contributed by atoms with Crippen molar-refractivity contribution in [3.05, 3.63) is 58.9 Å². The monoisotopic (exact) mass is 422 g/mol. The van der Waals surface area contributed by atoms with Crippen molar-refractivity contribution in [3.8, 4) is 5.75 Å². The molecule has 1 amide bonds. The van der Waals surface area contributed by atoms with Crippen LogP contribution in [0.25, 0.3) is 0 Å². The molecule has 29 heavy (non-hydrogen) atoms. The molecule has 0 unspecified atom stereocenters. The van der Waals surface area contributed by atoms with E-state index in [-0.39, 0.29) is 24.1 Å². The normalized spacial score (nSPS) is 15.8. The van der Waals surface area contributed by atoms with Crippen LogP contribution >= 0.6 is 12.4 Å². The zero-order valence-electron chi connectivity index (χ0n) is 17.2. The molecule has 3 rings (SSSR count). The number of hydrogen-bond donors (Lipinski definition) is 2. The van der Waals surface area contributed by atoms with E-state index in [1.165, 1.54) is 6.07 Å². The highest BCUT2D eigenvalue weighted by molar-refractivity contribution is 5.96. The highest BCUT2D eigenvalue weighted by Crippen LogP contribution is 2.30. The standard InChI is InChI=1S/C22H27FN2O3.ClH/c1-22(2,13-27-3)18-8-5-15(12-19(18)23)25-21(26)20-17-7-6-16(28-4)11-14(17)9-10-24-20;/h5-8,11-12,20,24H,9-10,13H2,1-4H3,(H,25,26);1H/t20-;/m1./s1. The van der Waals surface area contributed by atoms with Gasteiger partial charge in [-0.3, -0.25) is 4.79 Å². The third-order valence-corrected chi connectivity index (χ3v) is 5.14. The van der Waals surface area contributed by atoms with Crippen LogP contribution in [-0.2, 0) is 21.4 Å². The Balaban J connectivity index is 0.00000300. The average molecular weight is 423 g/mol. The molecule has 0 saturated carbocycles. The second-order valence-corrected chi connectivity index (χ2v) is 7.70. The van der Waals surface area contributed by atoms with Gasteiger partial charge in [-0.25, -0.2) is 4.39 Å². The first-order valence-corrected chi connectivity index (χ1v) is 9.36. The number of methoxy groups -OCH3 is 2. The first-order chi connectivity index (χ1) is 13.4. The first kappa shape index (κ1) is 23.1. The van der Waals surface area contributed by atoms with Gasteiger partial charge in [-0.15, -0.1) is 12.4 Å². The first-order valence-electron chi connectivity index (χ1n) is 9.36. The Morgan fingerprint density at radius 2 is 2.00 bits per heavy atom. The molecule has 1 aliphatic heterocycles. The molecule has 1 atom stereocenters. The minimum absolute atomic E-state index is 0. The van der Waals surface area contributed by atoms with Gasteiger partial charge in [-0.1, -0.05) is 26.0 Å². The number of halogens is 2. The van der Waals surface area contributed by atoms with E-state index in [2.05, 4.69) is 10.6 Å². The molecule has 2 aromatic rings. The maximum Gasteiger partial charge on any atom is 0.246 e. The quantitative estimate of drug-likeness (QED) is 0.738. The summed E-state index contributed by atoms with van der Waals surface area (Å²) in [5, 5.41) is 6.07. The second-order valence-electron chi connectivity index (χ2n) is 7.70. The Morgan fingerprint density at radius 3 is 2.66 bits per heavy atom. The van der Waals surface area contributed by atoms with Gasteiger partial charge < -0.3 is 20.1 Å². The molecule has 0 saturated heterocycles. The summed E-state index contributed by atoms with van der Waals surface area (Å²) in [6.45, 7) is 4.94. The van der Waals surface area contributed by atoms with Gasteiger partial charge in [0, 0.05) is 24.8 Å². The summed E-state index contributed by atoms with van der Waals surface area (Å²) in [6.07, 6.45) is 0.828. The van der Waals surface area contributed by atoms with Crippen molar-refractivity contribution in [2.75, 3.05) is 32.7 Å². The lowest BCUT2D eigenvalue weighted by molar-refractivity contribution is -0.118. The van der Waals surface area contributed by atoms with Crippen LogP contribution in [0.15, 0.2) is 36.4 Å². The molecule has 158 valence electrons. The van der Waals surface area contributed by atoms with Crippen LogP contribution in [-0.4, -0.2) is 33.3 Å². The molecule has 0 bridgehead atoms. The maximum atomic E-state index is 14.6. The van der Waals surface area contributed by atoms with Crippen molar-refractivity contribution in [1.29, 1.82) is 0 Å². The molecule has 2 N–H and O–H groups in total. The molecule has 0 fully saturated rings. The predicted molar refractivity (Wildman–Crippen MR) is 115 cm³/mol. The Morgan fingerprint density at radius 1 is 1.24 bits per heavy atom. The number of fused-ring (bicyclic) bond motifs is 1. The van der Waals surface area contributed by atoms with Gasteiger partial charge in [0.05, 0.1) is 13.7 Å². The van der Waals surface area contributed by atoms with Crippen LogP contribution < -0.4 is 15.4 Å². The highest BCUT2D eigenvalue weighted by Gasteiger charge is 2.28. The summed E-state index contributed by atoms with van der Waals surface area (Å²) in [5.41, 5.74) is 2.54. The number of rotatable bonds is 6. The minimum atomic E-state index is -0.484. The fourth-order valence-electron chi connectivity index (χ4n) is 3.70. The fraction of sp³-hybridized carbons (Fsp3) is 0.409. The van der Waals surface area contributed by atoms with Gasteiger partial charge in [-0.05, 0) is 47.4 Å². The highest BCUT2D eigenvalue weighted by atomic mass is 35.5. The predicted octanol–water partition coefficient (Wildman–Crippen LogP) is 4.01. The Kier molecular flexibility index (Phi) is 7.63. The van der Waals surface area contributed by atoms with Crippen molar-refractivity contribution in [2.24, 2.45) is 0 Å². The minimum Gasteiger partial charge on any atom is -0.497 e. The van der Waals surface area contributed by atoms with Gasteiger partial charge in [0.2, 0.25) is 5.91 Å². The van der Waals surface area contributed by atoms with Crippen LogP contribution in [0, 0.1) is 5.82 Å². The van der Waals surface area contributed by atoms with E-state index in [0.29, 0.717) is 24.4 Å². The average Bonchev–Trinajstić information content (AvgIpc) is 2.66. The largest absolute Gasteiger partial charge is 0.497 e. The summed E-state index contributed by atoms with van der Waals surface area (Å²) in [5.74, 6) is 0.201. The lowest BCUT2D eigenvalue weighted by Crippen LogP contribution is -2.38. The number of hydrogen-bond acceptors (Lipinski definition) is 4. The van der Waals surface area contributed by atoms with Gasteiger partial charge in [0.15, 0.2) is 0 Å². The summed E-state index contributed by atoms with van der Waals surface area (Å²) >= 11 is 0. The van der Waals surface area contributed by atoms with Crippen LogP contribution in [0.4, 0.5) is 10.1 Å². The van der Waals surface area contributed by atoms with E-state index in [9.17, 15) is 9.18 Å². The molecule has 0 aliphatic carbocycles. The van der Waals surface area contributed by atoms with Crippen molar-refractivity contribution in [3.63, 3.8) is 0 Å².